The summed E-state index contributed by atoms with van der Waals surface area (Å²) >= 11 is 1.56. The largest absolute Gasteiger partial charge is 0.354 e. The van der Waals surface area contributed by atoms with Crippen LogP contribution >= 0.6 is 11.8 Å². The van der Waals surface area contributed by atoms with Crippen LogP contribution in [0.4, 0.5) is 14.5 Å². The van der Waals surface area contributed by atoms with Gasteiger partial charge in [-0.05, 0) is 48.1 Å². The van der Waals surface area contributed by atoms with Gasteiger partial charge in [-0.15, -0.1) is 0 Å². The lowest BCUT2D eigenvalue weighted by molar-refractivity contribution is -0.119. The Labute approximate surface area is 168 Å². The number of hydrogen-bond donors (Lipinski definition) is 1. The summed E-state index contributed by atoms with van der Waals surface area (Å²) in [5.74, 6) is 0.100. The Morgan fingerprint density at radius 1 is 1.11 bits per heavy atom. The fraction of sp³-hybridized carbons (Fsp3) is 0.316. The van der Waals surface area contributed by atoms with Gasteiger partial charge in [-0.3, -0.25) is 9.10 Å². The Balaban J connectivity index is 1.75. The lowest BCUT2D eigenvalue weighted by atomic mass is 10.2. The number of nitrogens with zero attached hydrogens (tertiary/aromatic N) is 1. The number of carbonyl (C=O) groups is 1. The van der Waals surface area contributed by atoms with Crippen molar-refractivity contribution in [2.75, 3.05) is 29.4 Å². The van der Waals surface area contributed by atoms with Crippen molar-refractivity contribution >= 4 is 33.4 Å². The van der Waals surface area contributed by atoms with E-state index in [0.717, 1.165) is 28.4 Å². The van der Waals surface area contributed by atoms with Gasteiger partial charge in [-0.1, -0.05) is 18.2 Å². The van der Waals surface area contributed by atoms with E-state index in [-0.39, 0.29) is 18.0 Å². The van der Waals surface area contributed by atoms with Gasteiger partial charge >= 0.3 is 0 Å². The molecule has 0 unspecified atom stereocenters. The molecule has 152 valence electrons. The SMILES string of the molecule is CS(=O)(=O)N(CC(=O)NCCCSCc1ccccc1F)c1ccc(F)cc1. The molecule has 0 spiro atoms. The molecule has 28 heavy (non-hydrogen) atoms. The number of sulfonamides is 1. The summed E-state index contributed by atoms with van der Waals surface area (Å²) in [5.41, 5.74) is 0.860. The summed E-state index contributed by atoms with van der Waals surface area (Å²) in [4.78, 5) is 12.1. The molecular weight excluding hydrogens is 406 g/mol. The van der Waals surface area contributed by atoms with Crippen molar-refractivity contribution in [3.63, 3.8) is 0 Å². The number of rotatable bonds is 10. The molecule has 5 nitrogen and oxygen atoms in total. The molecule has 0 saturated heterocycles. The van der Waals surface area contributed by atoms with Gasteiger partial charge in [0.2, 0.25) is 15.9 Å². The van der Waals surface area contributed by atoms with Crippen molar-refractivity contribution in [1.29, 1.82) is 0 Å². The number of benzene rings is 2. The zero-order chi connectivity index (χ0) is 20.6. The maximum absolute atomic E-state index is 13.5. The quantitative estimate of drug-likeness (QED) is 0.591. The van der Waals surface area contributed by atoms with Gasteiger partial charge in [0.1, 0.15) is 18.2 Å². The molecule has 1 amide bonds. The zero-order valence-corrected chi connectivity index (χ0v) is 17.0. The Morgan fingerprint density at radius 2 is 1.79 bits per heavy atom. The lowest BCUT2D eigenvalue weighted by Crippen LogP contribution is -2.40. The third-order valence-electron chi connectivity index (χ3n) is 3.81. The topological polar surface area (TPSA) is 66.5 Å². The fourth-order valence-corrected chi connectivity index (χ4v) is 4.20. The first kappa shape index (κ1) is 22.2. The van der Waals surface area contributed by atoms with Crippen molar-refractivity contribution in [3.05, 3.63) is 65.7 Å². The van der Waals surface area contributed by atoms with E-state index in [9.17, 15) is 22.0 Å². The minimum absolute atomic E-state index is 0.222. The molecule has 9 heteroatoms. The number of halogens is 2. The standard InChI is InChI=1S/C19H22F2N2O3S2/c1-28(25,26)23(17-9-7-16(20)8-10-17)13-19(24)22-11-4-12-27-14-15-5-2-3-6-18(15)21/h2-3,5-10H,4,11-14H2,1H3,(H,22,24). The molecule has 0 saturated carbocycles. The van der Waals surface area contributed by atoms with Crippen LogP contribution in [0, 0.1) is 11.6 Å². The van der Waals surface area contributed by atoms with E-state index in [0.29, 0.717) is 24.3 Å². The summed E-state index contributed by atoms with van der Waals surface area (Å²) in [7, 11) is -3.69. The normalized spacial score (nSPS) is 11.2. The zero-order valence-electron chi connectivity index (χ0n) is 15.4. The highest BCUT2D eigenvalue weighted by molar-refractivity contribution is 7.98. The average molecular weight is 429 g/mol. The molecular formula is C19H22F2N2O3S2. The lowest BCUT2D eigenvalue weighted by Gasteiger charge is -2.21. The molecule has 0 aromatic heterocycles. The Kier molecular flexibility index (Phi) is 8.25. The first-order valence-electron chi connectivity index (χ1n) is 8.58. The minimum atomic E-state index is -3.69. The van der Waals surface area contributed by atoms with Gasteiger partial charge in [-0.2, -0.15) is 11.8 Å². The van der Waals surface area contributed by atoms with Crippen LogP contribution in [0.3, 0.4) is 0 Å². The van der Waals surface area contributed by atoms with Crippen molar-refractivity contribution in [1.82, 2.24) is 5.32 Å². The molecule has 2 rings (SSSR count). The first-order valence-corrected chi connectivity index (χ1v) is 11.6. The molecule has 1 N–H and O–H groups in total. The smallest absolute Gasteiger partial charge is 0.240 e. The third kappa shape index (κ3) is 7.12. The molecule has 2 aromatic carbocycles. The van der Waals surface area contributed by atoms with Gasteiger partial charge in [0, 0.05) is 12.3 Å². The molecule has 0 aliphatic rings. The van der Waals surface area contributed by atoms with E-state index in [2.05, 4.69) is 5.32 Å². The summed E-state index contributed by atoms with van der Waals surface area (Å²) in [6, 6.07) is 11.5. The van der Waals surface area contributed by atoms with E-state index in [1.807, 2.05) is 0 Å². The van der Waals surface area contributed by atoms with Crippen molar-refractivity contribution < 1.29 is 22.0 Å². The Morgan fingerprint density at radius 3 is 2.43 bits per heavy atom. The highest BCUT2D eigenvalue weighted by Gasteiger charge is 2.20. The van der Waals surface area contributed by atoms with Gasteiger partial charge in [0.15, 0.2) is 0 Å². The fourth-order valence-electron chi connectivity index (χ4n) is 2.39. The summed E-state index contributed by atoms with van der Waals surface area (Å²) < 4.78 is 51.4. The molecule has 0 aliphatic heterocycles. The second-order valence-electron chi connectivity index (χ2n) is 6.09. The van der Waals surface area contributed by atoms with Crippen LogP contribution in [-0.2, 0) is 20.6 Å². The number of thioether (sulfide) groups is 1. The van der Waals surface area contributed by atoms with E-state index >= 15 is 0 Å². The summed E-state index contributed by atoms with van der Waals surface area (Å²) in [6.07, 6.45) is 1.66. The second-order valence-corrected chi connectivity index (χ2v) is 9.11. The maximum atomic E-state index is 13.5. The van der Waals surface area contributed by atoms with Crippen LogP contribution in [-0.4, -0.2) is 39.4 Å². The Bertz CT molecular complexity index is 890. The van der Waals surface area contributed by atoms with E-state index in [1.54, 1.807) is 30.0 Å². The number of nitrogens with one attached hydrogen (secondary N) is 1. The van der Waals surface area contributed by atoms with E-state index < -0.39 is 21.7 Å². The predicted octanol–water partition coefficient (Wildman–Crippen LogP) is 3.17. The van der Waals surface area contributed by atoms with Gasteiger partial charge in [-0.25, -0.2) is 17.2 Å². The summed E-state index contributed by atoms with van der Waals surface area (Å²) in [6.45, 7) is -0.00302. The van der Waals surface area contributed by atoms with Crippen LogP contribution in [0.2, 0.25) is 0 Å². The molecule has 0 atom stereocenters. The van der Waals surface area contributed by atoms with Crippen LogP contribution in [0.5, 0.6) is 0 Å². The third-order valence-corrected chi connectivity index (χ3v) is 6.04. The number of anilines is 1. The monoisotopic (exact) mass is 428 g/mol. The van der Waals surface area contributed by atoms with Crippen LogP contribution in [0.25, 0.3) is 0 Å². The highest BCUT2D eigenvalue weighted by Crippen LogP contribution is 2.18. The molecule has 0 bridgehead atoms. The highest BCUT2D eigenvalue weighted by atomic mass is 32.2. The maximum Gasteiger partial charge on any atom is 0.240 e. The first-order chi connectivity index (χ1) is 13.3. The van der Waals surface area contributed by atoms with Crippen LogP contribution in [0.15, 0.2) is 48.5 Å². The van der Waals surface area contributed by atoms with Crippen molar-refractivity contribution in [3.8, 4) is 0 Å². The number of hydrogen-bond acceptors (Lipinski definition) is 4. The van der Waals surface area contributed by atoms with Crippen LogP contribution in [0.1, 0.15) is 12.0 Å². The number of amides is 1. The Hall–Kier alpha value is -2.13. The van der Waals surface area contributed by atoms with E-state index in [1.165, 1.54) is 18.2 Å². The van der Waals surface area contributed by atoms with Gasteiger partial charge in [0.25, 0.3) is 0 Å². The molecule has 0 heterocycles. The van der Waals surface area contributed by atoms with Gasteiger partial charge < -0.3 is 5.32 Å². The van der Waals surface area contributed by atoms with Crippen molar-refractivity contribution in [2.45, 2.75) is 12.2 Å². The molecule has 0 radical (unpaired) electrons. The molecule has 0 fully saturated rings. The van der Waals surface area contributed by atoms with E-state index in [4.69, 9.17) is 0 Å². The average Bonchev–Trinajstić information content (AvgIpc) is 2.64. The van der Waals surface area contributed by atoms with Crippen molar-refractivity contribution in [2.24, 2.45) is 0 Å². The number of carbonyl (C=O) groups excluding carboxylic acids is 1. The van der Waals surface area contributed by atoms with Crippen LogP contribution < -0.4 is 9.62 Å². The predicted molar refractivity (Wildman–Crippen MR) is 109 cm³/mol. The second kappa shape index (κ2) is 10.4. The summed E-state index contributed by atoms with van der Waals surface area (Å²) in [5, 5.41) is 2.67. The minimum Gasteiger partial charge on any atom is -0.354 e. The molecule has 0 aliphatic carbocycles. The van der Waals surface area contributed by atoms with Gasteiger partial charge in [0.05, 0.1) is 11.9 Å². The molecule has 2 aromatic rings.